The van der Waals surface area contributed by atoms with Crippen LogP contribution < -0.4 is 0 Å². The monoisotopic (exact) mass is 315 g/mol. The Kier molecular flexibility index (Phi) is 9.82. The largest absolute Gasteiger partial charge is 0.413 e. The molecule has 2 atom stereocenters. The minimum Gasteiger partial charge on any atom is -0.413 e. The van der Waals surface area contributed by atoms with E-state index < -0.39 is 8.32 Å². The molecule has 1 amide bonds. The molecule has 0 aliphatic heterocycles. The first kappa shape index (κ1) is 20.3. The van der Waals surface area contributed by atoms with Crippen molar-refractivity contribution < 1.29 is 14.1 Å². The van der Waals surface area contributed by atoms with Crippen molar-refractivity contribution in [3.05, 3.63) is 12.7 Å². The summed E-state index contributed by atoms with van der Waals surface area (Å²) in [7, 11) is 1.42. The first-order valence-electron chi connectivity index (χ1n) is 8.01. The highest BCUT2D eigenvalue weighted by Gasteiger charge is 2.36. The van der Waals surface area contributed by atoms with Gasteiger partial charge in [-0.2, -0.15) is 0 Å². The summed E-state index contributed by atoms with van der Waals surface area (Å²) in [5.74, 6) is -0.232. The maximum atomic E-state index is 12.3. The van der Waals surface area contributed by atoms with Crippen molar-refractivity contribution in [1.29, 1.82) is 0 Å². The van der Waals surface area contributed by atoms with Crippen molar-refractivity contribution >= 4 is 14.2 Å². The molecule has 0 aromatic heterocycles. The van der Waals surface area contributed by atoms with E-state index in [1.807, 2.05) is 13.0 Å². The Labute approximate surface area is 131 Å². The summed E-state index contributed by atoms with van der Waals surface area (Å²) in [5, 5.41) is 1.29. The van der Waals surface area contributed by atoms with Gasteiger partial charge in [0, 0.05) is 7.05 Å². The Hall–Kier alpha value is -0.653. The lowest BCUT2D eigenvalue weighted by atomic mass is 9.99. The van der Waals surface area contributed by atoms with E-state index in [9.17, 15) is 4.79 Å². The van der Waals surface area contributed by atoms with E-state index in [2.05, 4.69) is 27.4 Å². The zero-order chi connectivity index (χ0) is 16.5. The van der Waals surface area contributed by atoms with Gasteiger partial charge >= 0.3 is 0 Å². The molecule has 0 spiro atoms. The predicted octanol–water partition coefficient (Wildman–Crippen LogP) is 4.00. The van der Waals surface area contributed by atoms with Gasteiger partial charge in [0.25, 0.3) is 5.91 Å². The van der Waals surface area contributed by atoms with Crippen molar-refractivity contribution in [1.82, 2.24) is 5.06 Å². The Balaban J connectivity index is 5.09. The topological polar surface area (TPSA) is 38.8 Å². The number of hydrogen-bond donors (Lipinski definition) is 0. The first-order chi connectivity index (χ1) is 9.91. The van der Waals surface area contributed by atoms with Gasteiger partial charge in [-0.15, -0.1) is 6.58 Å². The molecule has 0 bridgehead atoms. The normalized spacial score (nSPS) is 14.6. The van der Waals surface area contributed by atoms with Crippen molar-refractivity contribution in [3.8, 4) is 0 Å². The van der Waals surface area contributed by atoms with E-state index in [0.717, 1.165) is 31.0 Å². The van der Waals surface area contributed by atoms with Crippen LogP contribution in [0.4, 0.5) is 0 Å². The van der Waals surface area contributed by atoms with Gasteiger partial charge < -0.3 is 4.43 Å². The number of carbonyl (C=O) groups excluding carboxylic acids is 1. The number of hydroxylamine groups is 2. The third kappa shape index (κ3) is 5.92. The molecular weight excluding hydrogens is 282 g/mol. The van der Waals surface area contributed by atoms with Crippen molar-refractivity contribution in [2.24, 2.45) is 5.92 Å². The van der Waals surface area contributed by atoms with Crippen LogP contribution in [0.1, 0.15) is 40.5 Å². The van der Waals surface area contributed by atoms with Crippen LogP contribution >= 0.6 is 0 Å². The number of rotatable bonds is 11. The second-order valence-electron chi connectivity index (χ2n) is 5.57. The van der Waals surface area contributed by atoms with E-state index >= 15 is 0 Å². The van der Waals surface area contributed by atoms with E-state index in [1.54, 1.807) is 7.05 Å². The highest BCUT2D eigenvalue weighted by atomic mass is 28.4. The standard InChI is InChI=1S/C16H33NO3Si/c1-8-12-13-15(14(5)16(18)17(6)19-7)20-21(9-2,10-3)11-4/h8,14-15H,1,9-13H2,2-7H3/t14-,15+/m0/s1. The second kappa shape index (κ2) is 10.1. The summed E-state index contributed by atoms with van der Waals surface area (Å²) in [6.07, 6.45) is 3.53. The van der Waals surface area contributed by atoms with E-state index in [-0.39, 0.29) is 17.9 Å². The number of hydrogen-bond acceptors (Lipinski definition) is 3. The van der Waals surface area contributed by atoms with Crippen molar-refractivity contribution in [3.63, 3.8) is 0 Å². The van der Waals surface area contributed by atoms with Gasteiger partial charge in [-0.1, -0.05) is 33.8 Å². The van der Waals surface area contributed by atoms with E-state index in [0.29, 0.717) is 0 Å². The van der Waals surface area contributed by atoms with Crippen LogP contribution in [0.5, 0.6) is 0 Å². The zero-order valence-corrected chi connectivity index (χ0v) is 15.6. The van der Waals surface area contributed by atoms with Crippen molar-refractivity contribution in [2.75, 3.05) is 14.2 Å². The molecule has 124 valence electrons. The smallest absolute Gasteiger partial charge is 0.251 e. The van der Waals surface area contributed by atoms with E-state index in [1.165, 1.54) is 12.2 Å². The molecule has 0 fully saturated rings. The first-order valence-corrected chi connectivity index (χ1v) is 10.5. The maximum Gasteiger partial charge on any atom is 0.251 e. The minimum atomic E-state index is -1.73. The highest BCUT2D eigenvalue weighted by Crippen LogP contribution is 2.28. The molecule has 0 aromatic carbocycles. The van der Waals surface area contributed by atoms with Gasteiger partial charge in [0.05, 0.1) is 19.1 Å². The Morgan fingerprint density at radius 2 is 1.81 bits per heavy atom. The van der Waals surface area contributed by atoms with Crippen LogP contribution in [0.25, 0.3) is 0 Å². The summed E-state index contributed by atoms with van der Waals surface area (Å²) < 4.78 is 6.55. The lowest BCUT2D eigenvalue weighted by Crippen LogP contribution is -2.45. The molecule has 21 heavy (non-hydrogen) atoms. The summed E-state index contributed by atoms with van der Waals surface area (Å²) in [4.78, 5) is 17.4. The average molecular weight is 316 g/mol. The molecule has 0 aliphatic carbocycles. The zero-order valence-electron chi connectivity index (χ0n) is 14.6. The molecule has 0 saturated carbocycles. The molecule has 0 heterocycles. The number of allylic oxidation sites excluding steroid dienone is 1. The average Bonchev–Trinajstić information content (AvgIpc) is 2.53. The molecule has 0 aromatic rings. The molecule has 0 saturated heterocycles. The van der Waals surface area contributed by atoms with Crippen LogP contribution in [0.2, 0.25) is 18.1 Å². The van der Waals surface area contributed by atoms with Gasteiger partial charge in [-0.05, 0) is 31.0 Å². The lowest BCUT2D eigenvalue weighted by molar-refractivity contribution is -0.176. The third-order valence-electron chi connectivity index (χ3n) is 4.52. The summed E-state index contributed by atoms with van der Waals surface area (Å²) in [6, 6.07) is 3.27. The fourth-order valence-corrected chi connectivity index (χ4v) is 5.51. The summed E-state index contributed by atoms with van der Waals surface area (Å²) in [5.41, 5.74) is 0. The summed E-state index contributed by atoms with van der Waals surface area (Å²) in [6.45, 7) is 12.3. The Bertz CT molecular complexity index is 310. The molecule has 4 nitrogen and oxygen atoms in total. The molecule has 0 aliphatic rings. The van der Waals surface area contributed by atoms with Gasteiger partial charge in [0.1, 0.15) is 0 Å². The second-order valence-corrected chi connectivity index (χ2v) is 10.3. The van der Waals surface area contributed by atoms with Crippen LogP contribution in [0.3, 0.4) is 0 Å². The fraction of sp³-hybridized carbons (Fsp3) is 0.812. The van der Waals surface area contributed by atoms with Crippen LogP contribution in [0.15, 0.2) is 12.7 Å². The van der Waals surface area contributed by atoms with Crippen LogP contribution in [-0.4, -0.2) is 39.5 Å². The molecule has 0 N–H and O–H groups in total. The summed E-state index contributed by atoms with van der Waals surface area (Å²) >= 11 is 0. The molecule has 5 heteroatoms. The fourth-order valence-electron chi connectivity index (χ4n) is 2.55. The Morgan fingerprint density at radius 3 is 2.19 bits per heavy atom. The van der Waals surface area contributed by atoms with Gasteiger partial charge in [0.2, 0.25) is 0 Å². The number of amides is 1. The van der Waals surface area contributed by atoms with E-state index in [4.69, 9.17) is 9.26 Å². The van der Waals surface area contributed by atoms with Gasteiger partial charge in [-0.3, -0.25) is 9.63 Å². The van der Waals surface area contributed by atoms with Gasteiger partial charge in [0.15, 0.2) is 8.32 Å². The number of nitrogens with zero attached hydrogens (tertiary/aromatic N) is 1. The Morgan fingerprint density at radius 1 is 1.29 bits per heavy atom. The molecule has 0 radical (unpaired) electrons. The third-order valence-corrected chi connectivity index (χ3v) is 9.19. The maximum absolute atomic E-state index is 12.3. The molecule has 0 unspecified atom stereocenters. The van der Waals surface area contributed by atoms with Crippen LogP contribution in [-0.2, 0) is 14.1 Å². The number of carbonyl (C=O) groups is 1. The minimum absolute atomic E-state index is 0.0298. The molecular formula is C16H33NO3Si. The quantitative estimate of drug-likeness (QED) is 0.329. The molecule has 0 rings (SSSR count). The van der Waals surface area contributed by atoms with Gasteiger partial charge in [-0.25, -0.2) is 5.06 Å². The van der Waals surface area contributed by atoms with Crippen molar-refractivity contribution in [2.45, 2.75) is 64.8 Å². The lowest BCUT2D eigenvalue weighted by Gasteiger charge is -2.36. The predicted molar refractivity (Wildman–Crippen MR) is 90.4 cm³/mol. The van der Waals surface area contributed by atoms with Crippen LogP contribution in [0, 0.1) is 5.92 Å². The SMILES string of the molecule is C=CCC[C@@H](O[Si](CC)(CC)CC)[C@H](C)C(=O)N(C)OC. The highest BCUT2D eigenvalue weighted by molar-refractivity contribution is 6.73.